The fourth-order valence-corrected chi connectivity index (χ4v) is 4.50. The van der Waals surface area contributed by atoms with Crippen LogP contribution < -0.4 is 0 Å². The molecule has 4 atom stereocenters. The summed E-state index contributed by atoms with van der Waals surface area (Å²) in [4.78, 5) is 1.09. The second kappa shape index (κ2) is 10.8. The maximum Gasteiger partial charge on any atom is 0.136 e. The number of aliphatic hydroxyl groups excluding tert-OH is 1. The van der Waals surface area contributed by atoms with Gasteiger partial charge >= 0.3 is 0 Å². The Bertz CT molecular complexity index is 875. The standard InChI is InChI=1S/C25H26O4S/c26-22-18-29-25(30-21-14-8-3-9-15-21)24(28-17-20-12-6-2-7-13-20)23(22)27-16-19-10-4-1-5-11-19/h1-15,22-26H,16-18H2/t22-,23-,24?,25+/m1/s1. The summed E-state index contributed by atoms with van der Waals surface area (Å²) in [6.07, 6.45) is -1.64. The fourth-order valence-electron chi connectivity index (χ4n) is 3.40. The number of benzene rings is 3. The highest BCUT2D eigenvalue weighted by atomic mass is 32.2. The van der Waals surface area contributed by atoms with Crippen LogP contribution in [-0.2, 0) is 27.4 Å². The van der Waals surface area contributed by atoms with Gasteiger partial charge in [0.05, 0.1) is 19.8 Å². The van der Waals surface area contributed by atoms with E-state index < -0.39 is 18.3 Å². The van der Waals surface area contributed by atoms with Crippen molar-refractivity contribution in [2.75, 3.05) is 6.61 Å². The van der Waals surface area contributed by atoms with Gasteiger partial charge in [-0.3, -0.25) is 0 Å². The topological polar surface area (TPSA) is 47.9 Å². The van der Waals surface area contributed by atoms with Crippen LogP contribution in [0.25, 0.3) is 0 Å². The average Bonchev–Trinajstić information content (AvgIpc) is 2.80. The monoisotopic (exact) mass is 422 g/mol. The van der Waals surface area contributed by atoms with Crippen molar-refractivity contribution in [2.45, 2.75) is 41.9 Å². The third kappa shape index (κ3) is 5.72. The van der Waals surface area contributed by atoms with Gasteiger partial charge in [-0.1, -0.05) is 90.6 Å². The van der Waals surface area contributed by atoms with E-state index in [1.165, 1.54) is 0 Å². The summed E-state index contributed by atoms with van der Waals surface area (Å²) >= 11 is 1.60. The smallest absolute Gasteiger partial charge is 0.136 e. The molecule has 5 heteroatoms. The Hall–Kier alpha value is -2.15. The first-order chi connectivity index (χ1) is 14.8. The van der Waals surface area contributed by atoms with Crippen LogP contribution in [0.5, 0.6) is 0 Å². The molecule has 0 bridgehead atoms. The Kier molecular flexibility index (Phi) is 7.56. The van der Waals surface area contributed by atoms with Crippen LogP contribution in [0.4, 0.5) is 0 Å². The quantitative estimate of drug-likeness (QED) is 0.572. The molecular weight excluding hydrogens is 396 g/mol. The summed E-state index contributed by atoms with van der Waals surface area (Å²) in [5.74, 6) is 0. The number of hydrogen-bond acceptors (Lipinski definition) is 5. The lowest BCUT2D eigenvalue weighted by Gasteiger charge is -2.40. The van der Waals surface area contributed by atoms with Crippen LogP contribution in [-0.4, -0.2) is 35.5 Å². The van der Waals surface area contributed by atoms with Crippen molar-refractivity contribution in [1.82, 2.24) is 0 Å². The van der Waals surface area contributed by atoms with Crippen LogP contribution in [0.1, 0.15) is 11.1 Å². The highest BCUT2D eigenvalue weighted by Crippen LogP contribution is 2.34. The first-order valence-electron chi connectivity index (χ1n) is 10.1. The summed E-state index contributed by atoms with van der Waals surface area (Å²) in [6, 6.07) is 30.1. The van der Waals surface area contributed by atoms with Crippen LogP contribution in [0, 0.1) is 0 Å². The van der Waals surface area contributed by atoms with Crippen LogP contribution in [0.3, 0.4) is 0 Å². The molecule has 0 amide bonds. The van der Waals surface area contributed by atoms with E-state index in [4.69, 9.17) is 14.2 Å². The molecule has 1 N–H and O–H groups in total. The fraction of sp³-hybridized carbons (Fsp3) is 0.280. The van der Waals surface area contributed by atoms with E-state index in [0.717, 1.165) is 16.0 Å². The predicted molar refractivity (Wildman–Crippen MR) is 118 cm³/mol. The molecule has 1 heterocycles. The summed E-state index contributed by atoms with van der Waals surface area (Å²) < 4.78 is 18.5. The van der Waals surface area contributed by atoms with Gasteiger partial charge in [0.25, 0.3) is 0 Å². The van der Waals surface area contributed by atoms with Crippen molar-refractivity contribution in [3.8, 4) is 0 Å². The minimum absolute atomic E-state index is 0.217. The van der Waals surface area contributed by atoms with Crippen LogP contribution in [0.15, 0.2) is 95.9 Å². The lowest BCUT2D eigenvalue weighted by Crippen LogP contribution is -2.54. The second-order valence-corrected chi connectivity index (χ2v) is 8.39. The zero-order valence-electron chi connectivity index (χ0n) is 16.7. The van der Waals surface area contributed by atoms with E-state index in [-0.39, 0.29) is 12.0 Å². The van der Waals surface area contributed by atoms with Gasteiger partial charge in [-0.2, -0.15) is 0 Å². The van der Waals surface area contributed by atoms with Crippen molar-refractivity contribution in [2.24, 2.45) is 0 Å². The molecule has 4 rings (SSSR count). The Morgan fingerprint density at radius 3 is 1.80 bits per heavy atom. The van der Waals surface area contributed by atoms with E-state index in [1.807, 2.05) is 91.0 Å². The lowest BCUT2D eigenvalue weighted by molar-refractivity contribution is -0.204. The zero-order valence-corrected chi connectivity index (χ0v) is 17.5. The van der Waals surface area contributed by atoms with Crippen molar-refractivity contribution < 1.29 is 19.3 Å². The van der Waals surface area contributed by atoms with Gasteiger partial charge in [0.15, 0.2) is 0 Å². The molecule has 0 spiro atoms. The molecule has 0 saturated carbocycles. The summed E-state index contributed by atoms with van der Waals surface area (Å²) in [5, 5.41) is 10.7. The van der Waals surface area contributed by atoms with E-state index in [0.29, 0.717) is 13.2 Å². The van der Waals surface area contributed by atoms with Gasteiger partial charge in [-0.15, -0.1) is 0 Å². The molecule has 0 aliphatic carbocycles. The molecule has 3 aromatic carbocycles. The molecule has 1 aliphatic rings. The Morgan fingerprint density at radius 2 is 1.23 bits per heavy atom. The molecule has 0 aromatic heterocycles. The molecule has 1 saturated heterocycles. The highest BCUT2D eigenvalue weighted by molar-refractivity contribution is 7.99. The van der Waals surface area contributed by atoms with E-state index in [2.05, 4.69) is 0 Å². The molecule has 1 fully saturated rings. The normalized spacial score (nSPS) is 23.9. The van der Waals surface area contributed by atoms with Gasteiger partial charge in [0.1, 0.15) is 23.7 Å². The number of hydrogen-bond donors (Lipinski definition) is 1. The van der Waals surface area contributed by atoms with Crippen molar-refractivity contribution >= 4 is 11.8 Å². The van der Waals surface area contributed by atoms with Gasteiger partial charge in [0, 0.05) is 4.90 Å². The summed E-state index contributed by atoms with van der Waals surface area (Å²) in [7, 11) is 0. The minimum Gasteiger partial charge on any atom is -0.388 e. The van der Waals surface area contributed by atoms with Crippen LogP contribution >= 0.6 is 11.8 Å². The largest absolute Gasteiger partial charge is 0.388 e. The van der Waals surface area contributed by atoms with Gasteiger partial charge in [-0.05, 0) is 23.3 Å². The molecule has 4 nitrogen and oxygen atoms in total. The maximum absolute atomic E-state index is 10.7. The van der Waals surface area contributed by atoms with Gasteiger partial charge in [0.2, 0.25) is 0 Å². The summed E-state index contributed by atoms with van der Waals surface area (Å²) in [5.41, 5.74) is 1.85. The van der Waals surface area contributed by atoms with E-state index in [1.54, 1.807) is 11.8 Å². The second-order valence-electron chi connectivity index (χ2n) is 7.22. The van der Waals surface area contributed by atoms with Gasteiger partial charge < -0.3 is 19.3 Å². The molecule has 0 radical (unpaired) electrons. The maximum atomic E-state index is 10.7. The Morgan fingerprint density at radius 1 is 0.733 bits per heavy atom. The molecular formula is C25H26O4S. The molecule has 3 aromatic rings. The summed E-state index contributed by atoms with van der Waals surface area (Å²) in [6.45, 7) is 1.06. The average molecular weight is 423 g/mol. The first-order valence-corrected chi connectivity index (χ1v) is 11.0. The van der Waals surface area contributed by atoms with Crippen molar-refractivity contribution in [3.05, 3.63) is 102 Å². The Balaban J connectivity index is 1.50. The molecule has 1 aliphatic heterocycles. The van der Waals surface area contributed by atoms with Crippen LogP contribution in [0.2, 0.25) is 0 Å². The predicted octanol–water partition coefficient (Wildman–Crippen LogP) is 4.67. The Labute approximate surface area is 181 Å². The lowest BCUT2D eigenvalue weighted by atomic mass is 10.1. The van der Waals surface area contributed by atoms with E-state index in [9.17, 15) is 5.11 Å². The minimum atomic E-state index is -0.748. The molecule has 156 valence electrons. The van der Waals surface area contributed by atoms with Gasteiger partial charge in [-0.25, -0.2) is 0 Å². The number of rotatable bonds is 8. The molecule has 1 unspecified atom stereocenters. The number of aliphatic hydroxyl groups is 1. The SMILES string of the molecule is O[C@@H]1CO[C@@H](Sc2ccccc2)C(OCc2ccccc2)[C@@H]1OCc1ccccc1. The van der Waals surface area contributed by atoms with E-state index >= 15 is 0 Å². The molecule has 30 heavy (non-hydrogen) atoms. The van der Waals surface area contributed by atoms with Crippen molar-refractivity contribution in [1.29, 1.82) is 0 Å². The third-order valence-corrected chi connectivity index (χ3v) is 6.15. The zero-order chi connectivity index (χ0) is 20.6. The highest BCUT2D eigenvalue weighted by Gasteiger charge is 2.42. The first kappa shape index (κ1) is 21.1. The third-order valence-electron chi connectivity index (χ3n) is 4.97. The van der Waals surface area contributed by atoms with Crippen molar-refractivity contribution in [3.63, 3.8) is 0 Å². The number of thioether (sulfide) groups is 1. The number of ether oxygens (including phenoxy) is 3.